The minimum atomic E-state index is -0.792. The maximum atomic E-state index is 14.3. The zero-order valence-corrected chi connectivity index (χ0v) is 11.6. The van der Waals surface area contributed by atoms with Crippen LogP contribution in [0.1, 0.15) is 11.1 Å². The van der Waals surface area contributed by atoms with E-state index in [2.05, 4.69) is 0 Å². The lowest BCUT2D eigenvalue weighted by Gasteiger charge is -2.31. The van der Waals surface area contributed by atoms with Gasteiger partial charge in [0.15, 0.2) is 5.82 Å². The summed E-state index contributed by atoms with van der Waals surface area (Å²) in [5.41, 5.74) is 6.63. The van der Waals surface area contributed by atoms with Crippen molar-refractivity contribution in [3.05, 3.63) is 63.2 Å². The molecule has 0 aromatic heterocycles. The van der Waals surface area contributed by atoms with Crippen molar-refractivity contribution >= 4 is 17.1 Å². The summed E-state index contributed by atoms with van der Waals surface area (Å²) >= 11 is 0. The van der Waals surface area contributed by atoms with E-state index < -0.39 is 22.1 Å². The Bertz CT molecular complexity index is 765. The molecule has 0 spiro atoms. The van der Waals surface area contributed by atoms with E-state index in [4.69, 9.17) is 5.73 Å². The summed E-state index contributed by atoms with van der Waals surface area (Å²) in [5, 5.41) is 10.8. The molecule has 0 saturated heterocycles. The third-order valence-electron chi connectivity index (χ3n) is 3.85. The number of nitrogen functional groups attached to an aromatic ring is 1. The lowest BCUT2D eigenvalue weighted by molar-refractivity contribution is -0.384. The van der Waals surface area contributed by atoms with Gasteiger partial charge in [-0.3, -0.25) is 10.1 Å². The second-order valence-electron chi connectivity index (χ2n) is 5.17. The SMILES string of the molecule is Nc1c([N+](=O)[O-])ccc(N2CCc3cc(F)ccc3C2)c1F. The van der Waals surface area contributed by atoms with Gasteiger partial charge < -0.3 is 10.6 Å². The number of nitrogens with two attached hydrogens (primary N) is 1. The summed E-state index contributed by atoms with van der Waals surface area (Å²) in [5.74, 6) is -1.09. The van der Waals surface area contributed by atoms with Gasteiger partial charge in [0, 0.05) is 19.2 Å². The van der Waals surface area contributed by atoms with Gasteiger partial charge in [-0.15, -0.1) is 0 Å². The van der Waals surface area contributed by atoms with Crippen LogP contribution in [0.25, 0.3) is 0 Å². The van der Waals surface area contributed by atoms with Crippen LogP contribution < -0.4 is 10.6 Å². The highest BCUT2D eigenvalue weighted by molar-refractivity contribution is 5.68. The smallest absolute Gasteiger partial charge is 0.295 e. The Hall–Kier alpha value is -2.70. The summed E-state index contributed by atoms with van der Waals surface area (Å²) in [6.07, 6.45) is 0.573. The predicted octanol–water partition coefficient (Wildman–Crippen LogP) is 3.02. The molecule has 0 amide bonds. The molecule has 0 unspecified atom stereocenters. The van der Waals surface area contributed by atoms with Crippen LogP contribution in [0.4, 0.5) is 25.8 Å². The fourth-order valence-corrected chi connectivity index (χ4v) is 2.70. The molecule has 5 nitrogen and oxygen atoms in total. The summed E-state index contributed by atoms with van der Waals surface area (Å²) in [4.78, 5) is 11.8. The van der Waals surface area contributed by atoms with E-state index in [0.717, 1.165) is 11.1 Å². The zero-order chi connectivity index (χ0) is 15.9. The Kier molecular flexibility index (Phi) is 3.40. The third-order valence-corrected chi connectivity index (χ3v) is 3.85. The molecule has 2 aromatic carbocycles. The maximum Gasteiger partial charge on any atom is 0.295 e. The van der Waals surface area contributed by atoms with Gasteiger partial charge in [0.25, 0.3) is 5.69 Å². The van der Waals surface area contributed by atoms with Crippen molar-refractivity contribution in [3.8, 4) is 0 Å². The molecule has 114 valence electrons. The number of hydrogen-bond acceptors (Lipinski definition) is 4. The Morgan fingerprint density at radius 2 is 1.95 bits per heavy atom. The van der Waals surface area contributed by atoms with Gasteiger partial charge in [0.2, 0.25) is 0 Å². The molecule has 0 radical (unpaired) electrons. The Labute approximate surface area is 125 Å². The fourth-order valence-electron chi connectivity index (χ4n) is 2.70. The molecule has 2 aromatic rings. The molecule has 7 heteroatoms. The summed E-state index contributed by atoms with van der Waals surface area (Å²) in [7, 11) is 0. The number of benzene rings is 2. The number of nitrogens with zero attached hydrogens (tertiary/aromatic N) is 2. The van der Waals surface area contributed by atoms with Crippen LogP contribution in [0.15, 0.2) is 30.3 Å². The van der Waals surface area contributed by atoms with Crippen molar-refractivity contribution in [2.24, 2.45) is 0 Å². The topological polar surface area (TPSA) is 72.4 Å². The first-order valence-corrected chi connectivity index (χ1v) is 6.72. The molecule has 0 aliphatic carbocycles. The second-order valence-corrected chi connectivity index (χ2v) is 5.17. The first-order valence-electron chi connectivity index (χ1n) is 6.72. The maximum absolute atomic E-state index is 14.3. The van der Waals surface area contributed by atoms with Gasteiger partial charge in [-0.2, -0.15) is 0 Å². The van der Waals surface area contributed by atoms with Crippen LogP contribution in [0, 0.1) is 21.7 Å². The molecular weight excluding hydrogens is 292 g/mol. The molecule has 1 aliphatic heterocycles. The fraction of sp³-hybridized carbons (Fsp3) is 0.200. The number of anilines is 2. The van der Waals surface area contributed by atoms with E-state index in [-0.39, 0.29) is 11.5 Å². The predicted molar refractivity (Wildman–Crippen MR) is 78.6 cm³/mol. The first kappa shape index (κ1) is 14.2. The number of halogens is 2. The van der Waals surface area contributed by atoms with Crippen LogP contribution >= 0.6 is 0 Å². The summed E-state index contributed by atoms with van der Waals surface area (Å²) < 4.78 is 27.5. The number of fused-ring (bicyclic) bond motifs is 1. The number of nitro groups is 1. The monoisotopic (exact) mass is 305 g/mol. The van der Waals surface area contributed by atoms with Gasteiger partial charge in [0.1, 0.15) is 11.5 Å². The summed E-state index contributed by atoms with van der Waals surface area (Å²) in [6.45, 7) is 0.897. The van der Waals surface area contributed by atoms with Crippen molar-refractivity contribution in [2.75, 3.05) is 17.2 Å². The first-order chi connectivity index (χ1) is 10.5. The highest BCUT2D eigenvalue weighted by Crippen LogP contribution is 2.34. The Morgan fingerprint density at radius 1 is 1.18 bits per heavy atom. The second kappa shape index (κ2) is 5.25. The molecule has 2 N–H and O–H groups in total. The van der Waals surface area contributed by atoms with E-state index in [1.165, 1.54) is 24.3 Å². The normalized spacial score (nSPS) is 13.8. The molecule has 0 bridgehead atoms. The van der Waals surface area contributed by atoms with Gasteiger partial charge >= 0.3 is 0 Å². The highest BCUT2D eigenvalue weighted by Gasteiger charge is 2.24. The van der Waals surface area contributed by atoms with E-state index in [1.807, 2.05) is 0 Å². The van der Waals surface area contributed by atoms with E-state index in [9.17, 15) is 18.9 Å². The molecule has 0 atom stereocenters. The number of nitro benzene ring substituents is 1. The van der Waals surface area contributed by atoms with Crippen LogP contribution in [0.5, 0.6) is 0 Å². The summed E-state index contributed by atoms with van der Waals surface area (Å²) in [6, 6.07) is 7.08. The molecule has 3 rings (SSSR count). The third kappa shape index (κ3) is 2.34. The van der Waals surface area contributed by atoms with Crippen LogP contribution in [0.2, 0.25) is 0 Å². The average molecular weight is 305 g/mol. The van der Waals surface area contributed by atoms with Gasteiger partial charge in [0.05, 0.1) is 10.6 Å². The largest absolute Gasteiger partial charge is 0.391 e. The highest BCUT2D eigenvalue weighted by atomic mass is 19.1. The van der Waals surface area contributed by atoms with Gasteiger partial charge in [-0.25, -0.2) is 8.78 Å². The Morgan fingerprint density at radius 3 is 2.68 bits per heavy atom. The van der Waals surface area contributed by atoms with Crippen molar-refractivity contribution < 1.29 is 13.7 Å². The lowest BCUT2D eigenvalue weighted by atomic mass is 9.99. The molecular formula is C15H13F2N3O2. The molecule has 1 aliphatic rings. The minimum absolute atomic E-state index is 0.220. The quantitative estimate of drug-likeness (QED) is 0.526. The van der Waals surface area contributed by atoms with Crippen LogP contribution in [-0.2, 0) is 13.0 Å². The van der Waals surface area contributed by atoms with E-state index in [0.29, 0.717) is 19.5 Å². The van der Waals surface area contributed by atoms with Gasteiger partial charge in [-0.1, -0.05) is 6.07 Å². The average Bonchev–Trinajstić information content (AvgIpc) is 2.49. The molecule has 0 saturated carbocycles. The Balaban J connectivity index is 1.95. The number of rotatable bonds is 2. The van der Waals surface area contributed by atoms with Crippen molar-refractivity contribution in [2.45, 2.75) is 13.0 Å². The van der Waals surface area contributed by atoms with Crippen molar-refractivity contribution in [3.63, 3.8) is 0 Å². The molecule has 0 fully saturated rings. The molecule has 1 heterocycles. The molecule has 22 heavy (non-hydrogen) atoms. The lowest BCUT2D eigenvalue weighted by Crippen LogP contribution is -2.31. The van der Waals surface area contributed by atoms with Gasteiger partial charge in [-0.05, 0) is 35.7 Å². The standard InChI is InChI=1S/C15H13F2N3O2/c16-11-2-1-10-8-19(6-5-9(10)7-11)12-3-4-13(20(21)22)15(18)14(12)17/h1-4,7H,5-6,8,18H2. The van der Waals surface area contributed by atoms with Crippen LogP contribution in [-0.4, -0.2) is 11.5 Å². The van der Waals surface area contributed by atoms with Crippen LogP contribution in [0.3, 0.4) is 0 Å². The van der Waals surface area contributed by atoms with Crippen molar-refractivity contribution in [1.82, 2.24) is 0 Å². The van der Waals surface area contributed by atoms with Crippen molar-refractivity contribution in [1.29, 1.82) is 0 Å². The number of hydrogen-bond donors (Lipinski definition) is 1. The minimum Gasteiger partial charge on any atom is -0.391 e. The zero-order valence-electron chi connectivity index (χ0n) is 11.6. The van der Waals surface area contributed by atoms with E-state index >= 15 is 0 Å². The van der Waals surface area contributed by atoms with E-state index in [1.54, 1.807) is 11.0 Å².